The van der Waals surface area contributed by atoms with E-state index in [1.807, 2.05) is 22.2 Å². The first-order valence-corrected chi connectivity index (χ1v) is 9.09. The lowest BCUT2D eigenvalue weighted by Gasteiger charge is -2.13. The zero-order chi connectivity index (χ0) is 16.5. The van der Waals surface area contributed by atoms with E-state index in [1.165, 1.54) is 10.4 Å². The fourth-order valence-electron chi connectivity index (χ4n) is 2.30. The predicted molar refractivity (Wildman–Crippen MR) is 98.1 cm³/mol. The van der Waals surface area contributed by atoms with Crippen molar-refractivity contribution in [3.05, 3.63) is 40.3 Å². The highest BCUT2D eigenvalue weighted by molar-refractivity contribution is 7.09. The van der Waals surface area contributed by atoms with Crippen molar-refractivity contribution in [1.29, 1.82) is 0 Å². The Kier molecular flexibility index (Phi) is 7.13. The van der Waals surface area contributed by atoms with Gasteiger partial charge in [0.15, 0.2) is 5.96 Å². The number of hydrogen-bond acceptors (Lipinski definition) is 3. The van der Waals surface area contributed by atoms with Gasteiger partial charge in [0.05, 0.1) is 12.7 Å². The van der Waals surface area contributed by atoms with Crippen LogP contribution in [0.25, 0.3) is 0 Å². The van der Waals surface area contributed by atoms with Crippen molar-refractivity contribution in [3.8, 4) is 0 Å². The molecule has 2 heterocycles. The van der Waals surface area contributed by atoms with E-state index < -0.39 is 0 Å². The van der Waals surface area contributed by atoms with E-state index in [2.05, 4.69) is 60.2 Å². The molecule has 0 saturated heterocycles. The molecule has 0 aliphatic heterocycles. The lowest BCUT2D eigenvalue weighted by atomic mass is 10.1. The Morgan fingerprint density at radius 2 is 2.30 bits per heavy atom. The number of thiophene rings is 1. The minimum atomic E-state index is 0.540. The lowest BCUT2D eigenvalue weighted by molar-refractivity contribution is 0.582. The molecule has 0 bridgehead atoms. The van der Waals surface area contributed by atoms with Gasteiger partial charge in [0, 0.05) is 30.7 Å². The molecule has 0 radical (unpaired) electrons. The van der Waals surface area contributed by atoms with Crippen LogP contribution >= 0.6 is 11.3 Å². The molecule has 2 aromatic heterocycles. The van der Waals surface area contributed by atoms with Crippen LogP contribution in [0, 0.1) is 12.8 Å². The van der Waals surface area contributed by atoms with Gasteiger partial charge in [-0.1, -0.05) is 13.0 Å². The molecular formula is C17H27N5S. The second kappa shape index (κ2) is 9.35. The predicted octanol–water partition coefficient (Wildman–Crippen LogP) is 2.69. The van der Waals surface area contributed by atoms with Gasteiger partial charge < -0.3 is 10.6 Å². The molecule has 0 amide bonds. The maximum Gasteiger partial charge on any atom is 0.191 e. The highest BCUT2D eigenvalue weighted by Gasteiger charge is 2.05. The molecule has 2 aromatic rings. The van der Waals surface area contributed by atoms with Crippen LogP contribution in [-0.2, 0) is 13.0 Å². The van der Waals surface area contributed by atoms with Crippen molar-refractivity contribution in [2.45, 2.75) is 33.7 Å². The highest BCUT2D eigenvalue weighted by Crippen LogP contribution is 2.14. The summed E-state index contributed by atoms with van der Waals surface area (Å²) in [6.45, 7) is 9.73. The zero-order valence-corrected chi connectivity index (χ0v) is 15.1. The van der Waals surface area contributed by atoms with Gasteiger partial charge in [-0.3, -0.25) is 9.67 Å². The van der Waals surface area contributed by atoms with Gasteiger partial charge in [0.25, 0.3) is 0 Å². The van der Waals surface area contributed by atoms with Crippen molar-refractivity contribution in [1.82, 2.24) is 20.4 Å². The molecule has 0 spiro atoms. The minimum absolute atomic E-state index is 0.540. The van der Waals surface area contributed by atoms with Crippen LogP contribution in [0.4, 0.5) is 0 Å². The second-order valence-electron chi connectivity index (χ2n) is 5.82. The molecule has 1 atom stereocenters. The molecule has 0 aliphatic carbocycles. The molecule has 0 saturated carbocycles. The van der Waals surface area contributed by atoms with E-state index in [1.54, 1.807) is 0 Å². The van der Waals surface area contributed by atoms with Crippen LogP contribution in [0.5, 0.6) is 0 Å². The molecule has 0 fully saturated rings. The summed E-state index contributed by atoms with van der Waals surface area (Å²) in [7, 11) is 0. The van der Waals surface area contributed by atoms with Crippen molar-refractivity contribution < 1.29 is 0 Å². The standard InChI is InChI=1S/C17H27N5S/c1-4-18-17(19-7-8-22-13-15(3)12-21-22)20-11-14(2)10-16-6-5-9-23-16/h5-6,9,12-14H,4,7-8,10-11H2,1-3H3,(H2,18,19,20). The molecule has 5 nitrogen and oxygen atoms in total. The summed E-state index contributed by atoms with van der Waals surface area (Å²) in [6.07, 6.45) is 5.02. The molecule has 2 N–H and O–H groups in total. The summed E-state index contributed by atoms with van der Waals surface area (Å²) >= 11 is 1.82. The normalized spacial score (nSPS) is 13.1. The largest absolute Gasteiger partial charge is 0.357 e. The summed E-state index contributed by atoms with van der Waals surface area (Å²) in [5, 5.41) is 13.1. The Balaban J connectivity index is 1.76. The smallest absolute Gasteiger partial charge is 0.191 e. The molecule has 1 unspecified atom stereocenters. The number of aryl methyl sites for hydroxylation is 1. The second-order valence-corrected chi connectivity index (χ2v) is 6.85. The zero-order valence-electron chi connectivity index (χ0n) is 14.2. The molecule has 2 rings (SSSR count). The van der Waals surface area contributed by atoms with Crippen LogP contribution in [0.3, 0.4) is 0 Å². The van der Waals surface area contributed by atoms with Gasteiger partial charge in [-0.2, -0.15) is 5.10 Å². The fraction of sp³-hybridized carbons (Fsp3) is 0.529. The average Bonchev–Trinajstić information content (AvgIpc) is 3.16. The summed E-state index contributed by atoms with van der Waals surface area (Å²) in [6, 6.07) is 4.30. The Hall–Kier alpha value is -1.82. The first-order valence-electron chi connectivity index (χ1n) is 8.21. The molecule has 0 aromatic carbocycles. The topological polar surface area (TPSA) is 54.2 Å². The van der Waals surface area contributed by atoms with Crippen LogP contribution in [-0.4, -0.2) is 35.4 Å². The molecular weight excluding hydrogens is 306 g/mol. The SMILES string of the molecule is CCNC(=NCC(C)Cc1cccs1)NCCn1cc(C)cn1. The summed E-state index contributed by atoms with van der Waals surface area (Å²) in [4.78, 5) is 6.13. The van der Waals surface area contributed by atoms with E-state index in [9.17, 15) is 0 Å². The van der Waals surface area contributed by atoms with E-state index in [0.29, 0.717) is 5.92 Å². The van der Waals surface area contributed by atoms with E-state index in [-0.39, 0.29) is 0 Å². The monoisotopic (exact) mass is 333 g/mol. The maximum absolute atomic E-state index is 4.70. The van der Waals surface area contributed by atoms with E-state index in [4.69, 9.17) is 4.99 Å². The molecule has 126 valence electrons. The molecule has 6 heteroatoms. The van der Waals surface area contributed by atoms with Crippen molar-refractivity contribution in [3.63, 3.8) is 0 Å². The van der Waals surface area contributed by atoms with Gasteiger partial charge in [-0.15, -0.1) is 11.3 Å². The third kappa shape index (κ3) is 6.44. The van der Waals surface area contributed by atoms with Crippen LogP contribution < -0.4 is 10.6 Å². The Morgan fingerprint density at radius 3 is 2.96 bits per heavy atom. The number of hydrogen-bond donors (Lipinski definition) is 2. The summed E-state index contributed by atoms with van der Waals surface area (Å²) in [5.74, 6) is 1.42. The third-order valence-corrected chi connectivity index (χ3v) is 4.33. The Bertz CT molecular complexity index is 588. The Labute approximate surface area is 142 Å². The van der Waals surface area contributed by atoms with E-state index >= 15 is 0 Å². The maximum atomic E-state index is 4.70. The van der Waals surface area contributed by atoms with Gasteiger partial charge in [0.2, 0.25) is 0 Å². The summed E-state index contributed by atoms with van der Waals surface area (Å²) in [5.41, 5.74) is 1.19. The first kappa shape index (κ1) is 17.5. The summed E-state index contributed by atoms with van der Waals surface area (Å²) < 4.78 is 1.95. The quantitative estimate of drug-likeness (QED) is 0.577. The number of nitrogens with zero attached hydrogens (tertiary/aromatic N) is 3. The lowest BCUT2D eigenvalue weighted by Crippen LogP contribution is -2.39. The number of guanidine groups is 1. The fourth-order valence-corrected chi connectivity index (χ4v) is 3.17. The highest BCUT2D eigenvalue weighted by atomic mass is 32.1. The van der Waals surface area contributed by atoms with Gasteiger partial charge in [-0.05, 0) is 43.2 Å². The van der Waals surface area contributed by atoms with Crippen LogP contribution in [0.2, 0.25) is 0 Å². The van der Waals surface area contributed by atoms with Crippen molar-refractivity contribution in [2.24, 2.45) is 10.9 Å². The number of aliphatic imine (C=N–C) groups is 1. The van der Waals surface area contributed by atoms with Gasteiger partial charge in [-0.25, -0.2) is 0 Å². The van der Waals surface area contributed by atoms with Crippen LogP contribution in [0.15, 0.2) is 34.9 Å². The minimum Gasteiger partial charge on any atom is -0.357 e. The average molecular weight is 334 g/mol. The number of nitrogens with one attached hydrogen (secondary N) is 2. The Morgan fingerprint density at radius 1 is 1.43 bits per heavy atom. The number of aromatic nitrogens is 2. The molecule has 0 aliphatic rings. The van der Waals surface area contributed by atoms with Crippen LogP contribution in [0.1, 0.15) is 24.3 Å². The molecule has 23 heavy (non-hydrogen) atoms. The van der Waals surface area contributed by atoms with Gasteiger partial charge in [0.1, 0.15) is 0 Å². The number of rotatable bonds is 8. The van der Waals surface area contributed by atoms with Crippen molar-refractivity contribution >= 4 is 17.3 Å². The van der Waals surface area contributed by atoms with Crippen molar-refractivity contribution in [2.75, 3.05) is 19.6 Å². The third-order valence-electron chi connectivity index (χ3n) is 3.43. The van der Waals surface area contributed by atoms with E-state index in [0.717, 1.165) is 38.6 Å². The first-order chi connectivity index (χ1) is 11.2. The van der Waals surface area contributed by atoms with Gasteiger partial charge >= 0.3 is 0 Å².